The maximum atomic E-state index is 11.7. The van der Waals surface area contributed by atoms with E-state index in [1.54, 1.807) is 0 Å². The molecule has 3 aromatic rings. The highest BCUT2D eigenvalue weighted by Crippen LogP contribution is 2.38. The Morgan fingerprint density at radius 3 is 0.778 bits per heavy atom. The molecule has 1 aliphatic rings. The Hall–Kier alpha value is -4.65. The van der Waals surface area contributed by atoms with Crippen molar-refractivity contribution in [3.05, 3.63) is 86.5 Å². The fraction of sp³-hybridized carbons (Fsp3) is 0.500. The zero-order valence-corrected chi connectivity index (χ0v) is 32.8. The van der Waals surface area contributed by atoms with Gasteiger partial charge >= 0.3 is 17.9 Å². The van der Waals surface area contributed by atoms with Crippen LogP contribution >= 0.6 is 0 Å². The Morgan fingerprint density at radius 2 is 0.630 bits per heavy atom. The Balaban J connectivity index is 1.98. The molecule has 0 spiro atoms. The van der Waals surface area contributed by atoms with Crippen LogP contribution < -0.4 is 14.2 Å². The molecule has 54 heavy (non-hydrogen) atoms. The molecular formula is C42H54O12. The summed E-state index contributed by atoms with van der Waals surface area (Å²) >= 11 is 0. The van der Waals surface area contributed by atoms with Gasteiger partial charge in [0.2, 0.25) is 0 Å². The summed E-state index contributed by atoms with van der Waals surface area (Å²) in [5, 5.41) is 28.8. The van der Waals surface area contributed by atoms with E-state index in [0.717, 1.165) is 16.7 Å². The number of hydrogen-bond donors (Lipinski definition) is 3. The minimum absolute atomic E-state index is 0.0278. The molecule has 0 amide bonds. The molecule has 0 fully saturated rings. The maximum Gasteiger partial charge on any atom is 0.341 e. The number of carboxylic acids is 3. The van der Waals surface area contributed by atoms with Gasteiger partial charge in [0.15, 0.2) is 19.8 Å². The average Bonchev–Trinajstić information content (AvgIpc) is 3.04. The third-order valence-electron chi connectivity index (χ3n) is 8.89. The summed E-state index contributed by atoms with van der Waals surface area (Å²) < 4.78 is 36.7. The van der Waals surface area contributed by atoms with Crippen LogP contribution in [0.1, 0.15) is 112 Å². The van der Waals surface area contributed by atoms with Crippen molar-refractivity contribution >= 4 is 17.9 Å². The van der Waals surface area contributed by atoms with Crippen molar-refractivity contribution in [1.29, 1.82) is 0 Å². The summed E-state index contributed by atoms with van der Waals surface area (Å²) in [6.07, 6.45) is 0. The summed E-state index contributed by atoms with van der Waals surface area (Å²) in [6, 6.07) is 11.6. The van der Waals surface area contributed by atoms with Gasteiger partial charge in [-0.3, -0.25) is 0 Å². The number of rotatable bonds is 9. The van der Waals surface area contributed by atoms with Gasteiger partial charge in [-0.1, -0.05) is 62.3 Å². The van der Waals surface area contributed by atoms with Crippen LogP contribution in [0.25, 0.3) is 0 Å². The number of carboxylic acid groups (broad SMARTS) is 3. The van der Waals surface area contributed by atoms with Crippen molar-refractivity contribution in [2.75, 3.05) is 19.8 Å². The molecule has 0 unspecified atom stereocenters. The van der Waals surface area contributed by atoms with E-state index in [9.17, 15) is 29.7 Å². The van der Waals surface area contributed by atoms with Crippen LogP contribution in [-0.4, -0.2) is 53.0 Å². The van der Waals surface area contributed by atoms with Gasteiger partial charge in [-0.05, 0) is 69.3 Å². The molecule has 0 radical (unpaired) electrons. The molecule has 1 heterocycles. The molecule has 0 saturated carbocycles. The molecule has 12 heteroatoms. The van der Waals surface area contributed by atoms with E-state index in [0.29, 0.717) is 50.6 Å². The lowest BCUT2D eigenvalue weighted by Gasteiger charge is -2.26. The molecular weight excluding hydrogens is 696 g/mol. The van der Waals surface area contributed by atoms with Crippen LogP contribution in [0, 0.1) is 0 Å². The van der Waals surface area contributed by atoms with Crippen LogP contribution in [-0.2, 0) is 84.5 Å². The van der Waals surface area contributed by atoms with E-state index in [1.807, 2.05) is 36.4 Å². The first-order chi connectivity index (χ1) is 25.1. The topological polar surface area (TPSA) is 167 Å². The molecule has 4 rings (SSSR count). The van der Waals surface area contributed by atoms with E-state index in [4.69, 9.17) is 28.4 Å². The van der Waals surface area contributed by atoms with Gasteiger partial charge in [-0.25, -0.2) is 14.4 Å². The molecule has 6 bridgehead atoms. The van der Waals surface area contributed by atoms with Gasteiger partial charge in [0.25, 0.3) is 0 Å². The summed E-state index contributed by atoms with van der Waals surface area (Å²) in [5.41, 5.74) is 5.53. The smallest absolute Gasteiger partial charge is 0.341 e. The second-order valence-corrected chi connectivity index (χ2v) is 16.6. The highest BCUT2D eigenvalue weighted by Gasteiger charge is 2.26. The molecule has 0 aromatic heterocycles. The van der Waals surface area contributed by atoms with E-state index in [-0.39, 0.29) is 55.9 Å². The zero-order valence-electron chi connectivity index (χ0n) is 32.8. The molecule has 294 valence electrons. The summed E-state index contributed by atoms with van der Waals surface area (Å²) in [6.45, 7) is 16.9. The standard InChI is InChI=1S/C42H54O12/c1-40(2,3)31-10-25-16-49-18-27-12-32(41(4,5)6)14-29(38(27)53-23-35(45)46)20-51-21-30-15-33(42(7,8)9)13-28(39(30)54-24-36(47)48)19-50-17-26(11-31)37(25)52-22-34(43)44/h10-15H,16-24H2,1-9H3,(H,43,44)(H,45,46)(H,47,48). The van der Waals surface area contributed by atoms with Crippen molar-refractivity contribution < 1.29 is 58.1 Å². The van der Waals surface area contributed by atoms with E-state index in [1.165, 1.54) is 0 Å². The molecule has 12 nitrogen and oxygen atoms in total. The quantitative estimate of drug-likeness (QED) is 0.198. The lowest BCUT2D eigenvalue weighted by molar-refractivity contribution is -0.140. The molecule has 0 aliphatic carbocycles. The SMILES string of the molecule is CC(C)(C)c1cc2c(OCC(=O)O)c(c1)COCc1cc(C(C)(C)C)cc(c1OCC(=O)O)COCc1cc(C(C)(C)C)cc(c1OCC(=O)O)COC2. The number of hydrogen-bond acceptors (Lipinski definition) is 9. The third-order valence-corrected chi connectivity index (χ3v) is 8.89. The largest absolute Gasteiger partial charge is 0.481 e. The van der Waals surface area contributed by atoms with Crippen LogP contribution in [0.5, 0.6) is 17.2 Å². The number of fused-ring (bicyclic) bond motifs is 6. The van der Waals surface area contributed by atoms with Gasteiger partial charge in [0, 0.05) is 33.4 Å². The van der Waals surface area contributed by atoms with Crippen molar-refractivity contribution in [2.45, 2.75) is 118 Å². The first kappa shape index (κ1) is 42.1. The Kier molecular flexibility index (Phi) is 13.4. The summed E-state index contributed by atoms with van der Waals surface area (Å²) in [4.78, 5) is 35.2. The summed E-state index contributed by atoms with van der Waals surface area (Å²) in [7, 11) is 0. The predicted molar refractivity (Wildman–Crippen MR) is 200 cm³/mol. The van der Waals surface area contributed by atoms with Crippen molar-refractivity contribution in [2.24, 2.45) is 0 Å². The van der Waals surface area contributed by atoms with Crippen molar-refractivity contribution in [1.82, 2.24) is 0 Å². The van der Waals surface area contributed by atoms with E-state index >= 15 is 0 Å². The van der Waals surface area contributed by atoms with Crippen LogP contribution in [0.15, 0.2) is 36.4 Å². The molecule has 0 atom stereocenters. The van der Waals surface area contributed by atoms with Gasteiger partial charge in [-0.2, -0.15) is 0 Å². The maximum absolute atomic E-state index is 11.7. The molecule has 0 saturated heterocycles. The monoisotopic (exact) mass is 750 g/mol. The number of ether oxygens (including phenoxy) is 6. The Labute approximate surface area is 317 Å². The number of benzene rings is 3. The van der Waals surface area contributed by atoms with Crippen LogP contribution in [0.3, 0.4) is 0 Å². The van der Waals surface area contributed by atoms with Gasteiger partial charge in [0.05, 0.1) is 39.6 Å². The lowest BCUT2D eigenvalue weighted by atomic mass is 9.84. The van der Waals surface area contributed by atoms with Crippen LogP contribution in [0.2, 0.25) is 0 Å². The van der Waals surface area contributed by atoms with Crippen molar-refractivity contribution in [3.63, 3.8) is 0 Å². The minimum Gasteiger partial charge on any atom is -0.481 e. The fourth-order valence-corrected chi connectivity index (χ4v) is 5.98. The second kappa shape index (κ2) is 17.2. The number of aliphatic carboxylic acids is 3. The number of carbonyl (C=O) groups is 3. The van der Waals surface area contributed by atoms with Crippen LogP contribution in [0.4, 0.5) is 0 Å². The Bertz CT molecular complexity index is 1550. The average molecular weight is 751 g/mol. The highest BCUT2D eigenvalue weighted by molar-refractivity contribution is 5.69. The van der Waals surface area contributed by atoms with Gasteiger partial charge in [0.1, 0.15) is 17.2 Å². The third kappa shape index (κ3) is 11.4. The first-order valence-corrected chi connectivity index (χ1v) is 17.9. The van der Waals surface area contributed by atoms with E-state index in [2.05, 4.69) is 62.3 Å². The lowest BCUT2D eigenvalue weighted by Crippen LogP contribution is -2.18. The fourth-order valence-electron chi connectivity index (χ4n) is 5.98. The van der Waals surface area contributed by atoms with Gasteiger partial charge < -0.3 is 43.7 Å². The summed E-state index contributed by atoms with van der Waals surface area (Å²) in [5.74, 6) is -2.50. The van der Waals surface area contributed by atoms with Gasteiger partial charge in [-0.15, -0.1) is 0 Å². The molecule has 3 aromatic carbocycles. The zero-order chi connectivity index (χ0) is 40.0. The first-order valence-electron chi connectivity index (χ1n) is 17.9. The van der Waals surface area contributed by atoms with Crippen molar-refractivity contribution in [3.8, 4) is 17.2 Å². The minimum atomic E-state index is -1.15. The normalized spacial score (nSPS) is 14.4. The predicted octanol–water partition coefficient (Wildman–Crippen LogP) is 7.43. The molecule has 3 N–H and O–H groups in total. The second-order valence-electron chi connectivity index (χ2n) is 16.6. The highest BCUT2D eigenvalue weighted by atomic mass is 16.5. The molecule has 1 aliphatic heterocycles. The Morgan fingerprint density at radius 1 is 0.444 bits per heavy atom. The van der Waals surface area contributed by atoms with E-state index < -0.39 is 37.7 Å².